The molecule has 0 radical (unpaired) electrons. The molecule has 3 aromatic rings. The van der Waals surface area contributed by atoms with Crippen molar-refractivity contribution in [3.05, 3.63) is 95.8 Å². The highest BCUT2D eigenvalue weighted by atomic mass is 19.1. The number of rotatable bonds is 6. The molecular weight excluding hydrogens is 301 g/mol. The Labute approximate surface area is 141 Å². The maximum atomic E-state index is 12.9. The lowest BCUT2D eigenvalue weighted by molar-refractivity contribution is 0.480. The van der Waals surface area contributed by atoms with Gasteiger partial charge in [-0.2, -0.15) is 0 Å². The van der Waals surface area contributed by atoms with Crippen LogP contribution in [-0.2, 0) is 6.54 Å². The van der Waals surface area contributed by atoms with Gasteiger partial charge in [-0.25, -0.2) is 4.39 Å². The van der Waals surface area contributed by atoms with E-state index in [2.05, 4.69) is 36.5 Å². The van der Waals surface area contributed by atoms with Crippen molar-refractivity contribution in [2.75, 3.05) is 0 Å². The summed E-state index contributed by atoms with van der Waals surface area (Å²) in [7, 11) is 0. The Hall–Kier alpha value is -2.65. The van der Waals surface area contributed by atoms with Crippen molar-refractivity contribution in [1.29, 1.82) is 0 Å². The molecular formula is C21H20FNO. The minimum absolute atomic E-state index is 0.267. The Morgan fingerprint density at radius 1 is 0.833 bits per heavy atom. The number of ether oxygens (including phenoxy) is 1. The van der Waals surface area contributed by atoms with Gasteiger partial charge in [-0.3, -0.25) is 0 Å². The molecule has 0 spiro atoms. The van der Waals surface area contributed by atoms with Crippen LogP contribution in [0, 0.1) is 5.82 Å². The van der Waals surface area contributed by atoms with E-state index in [0.29, 0.717) is 11.8 Å². The zero-order valence-electron chi connectivity index (χ0n) is 13.6. The Morgan fingerprint density at radius 2 is 1.42 bits per heavy atom. The third-order valence-corrected chi connectivity index (χ3v) is 3.88. The second kappa shape index (κ2) is 7.75. The second-order valence-corrected chi connectivity index (χ2v) is 5.71. The predicted octanol–water partition coefficient (Wildman–Crippen LogP) is 5.47. The van der Waals surface area contributed by atoms with E-state index in [1.54, 1.807) is 12.1 Å². The summed E-state index contributed by atoms with van der Waals surface area (Å²) >= 11 is 0. The monoisotopic (exact) mass is 321 g/mol. The van der Waals surface area contributed by atoms with Crippen molar-refractivity contribution in [3.63, 3.8) is 0 Å². The van der Waals surface area contributed by atoms with Gasteiger partial charge in [0.1, 0.15) is 17.3 Å². The maximum absolute atomic E-state index is 12.9. The van der Waals surface area contributed by atoms with Crippen LogP contribution in [0.1, 0.15) is 24.1 Å². The number of hydrogen-bond donors (Lipinski definition) is 1. The van der Waals surface area contributed by atoms with Crippen molar-refractivity contribution in [2.24, 2.45) is 0 Å². The van der Waals surface area contributed by atoms with Gasteiger partial charge in [0, 0.05) is 12.6 Å². The molecule has 0 fully saturated rings. The summed E-state index contributed by atoms with van der Waals surface area (Å²) in [6.45, 7) is 2.94. The third kappa shape index (κ3) is 4.43. The molecule has 0 aliphatic heterocycles. The summed E-state index contributed by atoms with van der Waals surface area (Å²) < 4.78 is 18.6. The van der Waals surface area contributed by atoms with Gasteiger partial charge in [-0.15, -0.1) is 0 Å². The molecule has 0 aromatic heterocycles. The first-order valence-corrected chi connectivity index (χ1v) is 8.01. The molecule has 0 bridgehead atoms. The predicted molar refractivity (Wildman–Crippen MR) is 94.6 cm³/mol. The molecule has 0 saturated heterocycles. The average Bonchev–Trinajstić information content (AvgIpc) is 2.63. The lowest BCUT2D eigenvalue weighted by Gasteiger charge is -2.14. The molecule has 2 nitrogen and oxygen atoms in total. The van der Waals surface area contributed by atoms with Crippen molar-refractivity contribution < 1.29 is 9.13 Å². The van der Waals surface area contributed by atoms with Crippen LogP contribution in [0.15, 0.2) is 78.9 Å². The smallest absolute Gasteiger partial charge is 0.127 e. The van der Waals surface area contributed by atoms with Crippen molar-refractivity contribution in [1.82, 2.24) is 5.32 Å². The third-order valence-electron chi connectivity index (χ3n) is 3.88. The fraction of sp³-hybridized carbons (Fsp3) is 0.143. The quantitative estimate of drug-likeness (QED) is 0.650. The highest BCUT2D eigenvalue weighted by molar-refractivity contribution is 5.33. The Balaban J connectivity index is 1.55. The van der Waals surface area contributed by atoms with Gasteiger partial charge in [-0.05, 0) is 54.4 Å². The standard InChI is InChI=1S/C21H20FNO/c1-16(18-5-3-2-4-6-18)23-15-17-7-11-20(12-8-17)24-21-13-9-19(22)10-14-21/h2-14,16,23H,15H2,1H3. The molecule has 3 aromatic carbocycles. The van der Waals surface area contributed by atoms with Crippen LogP contribution in [0.5, 0.6) is 11.5 Å². The fourth-order valence-electron chi connectivity index (χ4n) is 2.44. The Bertz CT molecular complexity index is 754. The summed E-state index contributed by atoms with van der Waals surface area (Å²) in [5, 5.41) is 3.51. The molecule has 3 heteroatoms. The van der Waals surface area contributed by atoms with E-state index < -0.39 is 0 Å². The van der Waals surface area contributed by atoms with Crippen molar-refractivity contribution >= 4 is 0 Å². The van der Waals surface area contributed by atoms with Crippen LogP contribution in [0.25, 0.3) is 0 Å². The van der Waals surface area contributed by atoms with Gasteiger partial charge < -0.3 is 10.1 Å². The molecule has 3 rings (SSSR count). The molecule has 1 atom stereocenters. The highest BCUT2D eigenvalue weighted by Crippen LogP contribution is 2.22. The minimum Gasteiger partial charge on any atom is -0.457 e. The fourth-order valence-corrected chi connectivity index (χ4v) is 2.44. The number of halogens is 1. The Morgan fingerprint density at radius 3 is 2.04 bits per heavy atom. The molecule has 122 valence electrons. The van der Waals surface area contributed by atoms with E-state index in [0.717, 1.165) is 12.3 Å². The highest BCUT2D eigenvalue weighted by Gasteiger charge is 2.04. The van der Waals surface area contributed by atoms with Gasteiger partial charge >= 0.3 is 0 Å². The lowest BCUT2D eigenvalue weighted by atomic mass is 10.1. The first-order chi connectivity index (χ1) is 11.7. The van der Waals surface area contributed by atoms with Crippen molar-refractivity contribution in [3.8, 4) is 11.5 Å². The van der Waals surface area contributed by atoms with E-state index in [1.165, 1.54) is 23.3 Å². The second-order valence-electron chi connectivity index (χ2n) is 5.71. The van der Waals surface area contributed by atoms with Gasteiger partial charge in [0.15, 0.2) is 0 Å². The van der Waals surface area contributed by atoms with Crippen LogP contribution >= 0.6 is 0 Å². The minimum atomic E-state index is -0.267. The van der Waals surface area contributed by atoms with Gasteiger partial charge in [0.2, 0.25) is 0 Å². The summed E-state index contributed by atoms with van der Waals surface area (Å²) in [6, 6.07) is 24.6. The first-order valence-electron chi connectivity index (χ1n) is 8.01. The van der Waals surface area contributed by atoms with Crippen molar-refractivity contribution in [2.45, 2.75) is 19.5 Å². The Kier molecular flexibility index (Phi) is 5.24. The molecule has 0 aliphatic rings. The zero-order valence-corrected chi connectivity index (χ0v) is 13.6. The van der Waals surface area contributed by atoms with Crippen LogP contribution in [0.2, 0.25) is 0 Å². The molecule has 1 unspecified atom stereocenters. The van der Waals surface area contributed by atoms with Crippen LogP contribution in [-0.4, -0.2) is 0 Å². The molecule has 1 N–H and O–H groups in total. The summed E-state index contributed by atoms with van der Waals surface area (Å²) in [4.78, 5) is 0. The zero-order chi connectivity index (χ0) is 16.8. The maximum Gasteiger partial charge on any atom is 0.127 e. The lowest BCUT2D eigenvalue weighted by Crippen LogP contribution is -2.17. The summed E-state index contributed by atoms with van der Waals surface area (Å²) in [5.74, 6) is 1.10. The number of benzene rings is 3. The van der Waals surface area contributed by atoms with E-state index in [4.69, 9.17) is 4.74 Å². The topological polar surface area (TPSA) is 21.3 Å². The van der Waals surface area contributed by atoms with Crippen LogP contribution in [0.3, 0.4) is 0 Å². The molecule has 0 aliphatic carbocycles. The van der Waals surface area contributed by atoms with Gasteiger partial charge in [0.25, 0.3) is 0 Å². The molecule has 24 heavy (non-hydrogen) atoms. The van der Waals surface area contributed by atoms with E-state index in [-0.39, 0.29) is 5.82 Å². The average molecular weight is 321 g/mol. The van der Waals surface area contributed by atoms with Crippen LogP contribution in [0.4, 0.5) is 4.39 Å². The van der Waals surface area contributed by atoms with Crippen LogP contribution < -0.4 is 10.1 Å². The number of hydrogen-bond acceptors (Lipinski definition) is 2. The first kappa shape index (κ1) is 16.2. The molecule has 0 amide bonds. The largest absolute Gasteiger partial charge is 0.457 e. The van der Waals surface area contributed by atoms with Gasteiger partial charge in [0.05, 0.1) is 0 Å². The van der Waals surface area contributed by atoms with Gasteiger partial charge in [-0.1, -0.05) is 42.5 Å². The normalized spacial score (nSPS) is 11.9. The van der Waals surface area contributed by atoms with E-state index in [9.17, 15) is 4.39 Å². The van der Waals surface area contributed by atoms with E-state index in [1.807, 2.05) is 30.3 Å². The molecule has 0 heterocycles. The van der Waals surface area contributed by atoms with E-state index >= 15 is 0 Å². The number of nitrogens with one attached hydrogen (secondary N) is 1. The SMILES string of the molecule is CC(NCc1ccc(Oc2ccc(F)cc2)cc1)c1ccccc1. The summed E-state index contributed by atoms with van der Waals surface area (Å²) in [5.41, 5.74) is 2.46. The molecule has 0 saturated carbocycles. The summed E-state index contributed by atoms with van der Waals surface area (Å²) in [6.07, 6.45) is 0.